The van der Waals surface area contributed by atoms with Crippen molar-refractivity contribution in [1.82, 2.24) is 0 Å². The molecule has 1 heterocycles. The van der Waals surface area contributed by atoms with E-state index in [2.05, 4.69) is 5.32 Å². The number of carbonyl (C=O) groups excluding carboxylic acids is 1. The zero-order valence-corrected chi connectivity index (χ0v) is 9.94. The third-order valence-electron chi connectivity index (χ3n) is 2.88. The molecule has 0 bridgehead atoms. The highest BCUT2D eigenvalue weighted by Gasteiger charge is 2.14. The smallest absolute Gasteiger partial charge is 0.337 e. The number of benzene rings is 1. The van der Waals surface area contributed by atoms with Crippen LogP contribution >= 0.6 is 0 Å². The zero-order valence-electron chi connectivity index (χ0n) is 9.94. The maximum Gasteiger partial charge on any atom is 0.337 e. The van der Waals surface area contributed by atoms with Crippen molar-refractivity contribution in [2.45, 2.75) is 18.9 Å². The average Bonchev–Trinajstić information content (AvgIpc) is 2.39. The second-order valence-corrected chi connectivity index (χ2v) is 4.10. The highest BCUT2D eigenvalue weighted by molar-refractivity contribution is 5.90. The van der Waals surface area contributed by atoms with Gasteiger partial charge in [-0.1, -0.05) is 6.07 Å². The Morgan fingerprint density at radius 1 is 1.41 bits per heavy atom. The Balaban J connectivity index is 2.02. The van der Waals surface area contributed by atoms with Crippen LogP contribution in [0.4, 0.5) is 5.69 Å². The van der Waals surface area contributed by atoms with Gasteiger partial charge in [0.1, 0.15) is 0 Å². The highest BCUT2D eigenvalue weighted by Crippen LogP contribution is 2.16. The van der Waals surface area contributed by atoms with E-state index in [9.17, 15) is 4.79 Å². The summed E-state index contributed by atoms with van der Waals surface area (Å²) in [6.45, 7) is 1.60. The van der Waals surface area contributed by atoms with Crippen LogP contribution in [0.15, 0.2) is 24.3 Å². The minimum Gasteiger partial charge on any atom is -0.465 e. The Labute approximate surface area is 101 Å². The molecule has 1 fully saturated rings. The molecule has 0 atom stereocenters. The number of nitrogens with one attached hydrogen (secondary N) is 1. The second-order valence-electron chi connectivity index (χ2n) is 4.10. The summed E-state index contributed by atoms with van der Waals surface area (Å²) in [5.41, 5.74) is 1.53. The minimum absolute atomic E-state index is 0.305. The van der Waals surface area contributed by atoms with Crippen molar-refractivity contribution in [1.29, 1.82) is 0 Å². The predicted octanol–water partition coefficient (Wildman–Crippen LogP) is 2.06. The number of esters is 1. The summed E-state index contributed by atoms with van der Waals surface area (Å²) in [5, 5.41) is 3.41. The molecule has 92 valence electrons. The summed E-state index contributed by atoms with van der Waals surface area (Å²) in [6.07, 6.45) is 2.00. The molecule has 0 amide bonds. The van der Waals surface area contributed by atoms with E-state index in [1.807, 2.05) is 18.2 Å². The van der Waals surface area contributed by atoms with Crippen LogP contribution in [-0.4, -0.2) is 32.3 Å². The van der Waals surface area contributed by atoms with Crippen LogP contribution in [-0.2, 0) is 9.47 Å². The van der Waals surface area contributed by atoms with Gasteiger partial charge in [-0.05, 0) is 31.0 Å². The van der Waals surface area contributed by atoms with Gasteiger partial charge in [0.25, 0.3) is 0 Å². The first-order valence-corrected chi connectivity index (χ1v) is 5.82. The molecule has 1 N–H and O–H groups in total. The van der Waals surface area contributed by atoms with E-state index >= 15 is 0 Å². The monoisotopic (exact) mass is 235 g/mol. The first-order valence-electron chi connectivity index (χ1n) is 5.82. The van der Waals surface area contributed by atoms with E-state index in [1.54, 1.807) is 6.07 Å². The molecule has 17 heavy (non-hydrogen) atoms. The Hall–Kier alpha value is -1.55. The Morgan fingerprint density at radius 3 is 2.88 bits per heavy atom. The number of methoxy groups -OCH3 is 1. The van der Waals surface area contributed by atoms with Gasteiger partial charge in [0.2, 0.25) is 0 Å². The SMILES string of the molecule is COC(=O)c1cccc(NC2CCOCC2)c1. The fourth-order valence-corrected chi connectivity index (χ4v) is 1.93. The molecule has 0 aliphatic carbocycles. The van der Waals surface area contributed by atoms with Gasteiger partial charge in [0, 0.05) is 24.9 Å². The number of hydrogen-bond donors (Lipinski definition) is 1. The molecule has 1 aliphatic heterocycles. The maximum atomic E-state index is 11.4. The summed E-state index contributed by atoms with van der Waals surface area (Å²) in [7, 11) is 1.39. The normalized spacial score (nSPS) is 16.5. The van der Waals surface area contributed by atoms with Crippen molar-refractivity contribution in [2.75, 3.05) is 25.6 Å². The van der Waals surface area contributed by atoms with Gasteiger partial charge in [-0.15, -0.1) is 0 Å². The highest BCUT2D eigenvalue weighted by atomic mass is 16.5. The average molecular weight is 235 g/mol. The molecule has 1 aliphatic rings. The third kappa shape index (κ3) is 3.20. The largest absolute Gasteiger partial charge is 0.465 e. The number of carbonyl (C=O) groups is 1. The lowest BCUT2D eigenvalue weighted by atomic mass is 10.1. The van der Waals surface area contributed by atoms with Crippen molar-refractivity contribution in [3.63, 3.8) is 0 Å². The van der Waals surface area contributed by atoms with E-state index < -0.39 is 0 Å². The molecule has 1 aromatic carbocycles. The van der Waals surface area contributed by atoms with Crippen LogP contribution in [0.3, 0.4) is 0 Å². The molecule has 1 saturated heterocycles. The van der Waals surface area contributed by atoms with Crippen LogP contribution in [0.2, 0.25) is 0 Å². The standard InChI is InChI=1S/C13H17NO3/c1-16-13(15)10-3-2-4-12(9-10)14-11-5-7-17-8-6-11/h2-4,9,11,14H,5-8H2,1H3. The first-order chi connectivity index (χ1) is 8.29. The van der Waals surface area contributed by atoms with Crippen molar-refractivity contribution in [3.8, 4) is 0 Å². The van der Waals surface area contributed by atoms with Crippen LogP contribution in [0.1, 0.15) is 23.2 Å². The molecule has 0 saturated carbocycles. The molecular formula is C13H17NO3. The summed E-state index contributed by atoms with van der Waals surface area (Å²) >= 11 is 0. The molecule has 4 nitrogen and oxygen atoms in total. The number of ether oxygens (including phenoxy) is 2. The zero-order chi connectivity index (χ0) is 12.1. The quantitative estimate of drug-likeness (QED) is 0.815. The van der Waals surface area contributed by atoms with Gasteiger partial charge < -0.3 is 14.8 Å². The van der Waals surface area contributed by atoms with Crippen molar-refractivity contribution >= 4 is 11.7 Å². The lowest BCUT2D eigenvalue weighted by molar-refractivity contribution is 0.0600. The van der Waals surface area contributed by atoms with Crippen molar-refractivity contribution < 1.29 is 14.3 Å². The van der Waals surface area contributed by atoms with E-state index in [1.165, 1.54) is 7.11 Å². The van der Waals surface area contributed by atoms with Gasteiger partial charge in [-0.25, -0.2) is 4.79 Å². The maximum absolute atomic E-state index is 11.4. The van der Waals surface area contributed by atoms with Gasteiger partial charge >= 0.3 is 5.97 Å². The molecular weight excluding hydrogens is 218 g/mol. The first kappa shape index (κ1) is 11.9. The van der Waals surface area contributed by atoms with E-state index in [0.717, 1.165) is 31.7 Å². The van der Waals surface area contributed by atoms with Crippen LogP contribution in [0.5, 0.6) is 0 Å². The number of rotatable bonds is 3. The summed E-state index contributed by atoms with van der Waals surface area (Å²) < 4.78 is 10.00. The predicted molar refractivity (Wildman–Crippen MR) is 65.2 cm³/mol. The molecule has 2 rings (SSSR count). The summed E-state index contributed by atoms with van der Waals surface area (Å²) in [5.74, 6) is -0.305. The Bertz CT molecular complexity index is 386. The fraction of sp³-hybridized carbons (Fsp3) is 0.462. The van der Waals surface area contributed by atoms with Crippen LogP contribution < -0.4 is 5.32 Å². The molecule has 0 radical (unpaired) electrons. The summed E-state index contributed by atoms with van der Waals surface area (Å²) in [4.78, 5) is 11.4. The topological polar surface area (TPSA) is 47.6 Å². The summed E-state index contributed by atoms with van der Waals surface area (Å²) in [6, 6.07) is 7.81. The molecule has 0 unspecified atom stereocenters. The molecule has 1 aromatic rings. The molecule has 0 spiro atoms. The Morgan fingerprint density at radius 2 is 2.18 bits per heavy atom. The van der Waals surface area contributed by atoms with Crippen molar-refractivity contribution in [2.24, 2.45) is 0 Å². The van der Waals surface area contributed by atoms with Gasteiger partial charge in [-0.3, -0.25) is 0 Å². The van der Waals surface area contributed by atoms with Gasteiger partial charge in [-0.2, -0.15) is 0 Å². The lowest BCUT2D eigenvalue weighted by Gasteiger charge is -2.24. The molecule has 0 aromatic heterocycles. The minimum atomic E-state index is -0.305. The number of hydrogen-bond acceptors (Lipinski definition) is 4. The van der Waals surface area contributed by atoms with Crippen LogP contribution in [0.25, 0.3) is 0 Å². The van der Waals surface area contributed by atoms with E-state index in [0.29, 0.717) is 11.6 Å². The van der Waals surface area contributed by atoms with Crippen LogP contribution in [0, 0.1) is 0 Å². The second kappa shape index (κ2) is 5.68. The van der Waals surface area contributed by atoms with Gasteiger partial charge in [0.15, 0.2) is 0 Å². The van der Waals surface area contributed by atoms with Gasteiger partial charge in [0.05, 0.1) is 12.7 Å². The van der Waals surface area contributed by atoms with Crippen molar-refractivity contribution in [3.05, 3.63) is 29.8 Å². The fourth-order valence-electron chi connectivity index (χ4n) is 1.93. The third-order valence-corrected chi connectivity index (χ3v) is 2.88. The Kier molecular flexibility index (Phi) is 3.98. The molecule has 4 heteroatoms. The number of anilines is 1. The van der Waals surface area contributed by atoms with E-state index in [4.69, 9.17) is 9.47 Å². The van der Waals surface area contributed by atoms with E-state index in [-0.39, 0.29) is 5.97 Å². The lowest BCUT2D eigenvalue weighted by Crippen LogP contribution is -2.27.